The average molecular weight is 326 g/mol. The number of carbonyl (C=O) groups is 1. The van der Waals surface area contributed by atoms with Crippen LogP contribution in [0.3, 0.4) is 0 Å². The number of aliphatic hydroxyl groups is 1. The first-order valence-corrected chi connectivity index (χ1v) is 9.42. The van der Waals surface area contributed by atoms with Gasteiger partial charge < -0.3 is 20.5 Å². The van der Waals surface area contributed by atoms with Gasteiger partial charge in [-0.2, -0.15) is 0 Å². The van der Waals surface area contributed by atoms with Crippen LogP contribution in [0.4, 0.5) is 4.79 Å². The van der Waals surface area contributed by atoms with Gasteiger partial charge in [0.05, 0.1) is 0 Å². The van der Waals surface area contributed by atoms with E-state index in [4.69, 9.17) is 4.74 Å². The van der Waals surface area contributed by atoms with Crippen molar-refractivity contribution in [3.63, 3.8) is 0 Å². The Labute approximate surface area is 140 Å². The van der Waals surface area contributed by atoms with E-state index in [1.165, 1.54) is 25.7 Å². The second kappa shape index (κ2) is 9.48. The third-order valence-corrected chi connectivity index (χ3v) is 5.73. The lowest BCUT2D eigenvalue weighted by molar-refractivity contribution is 0.103. The molecule has 0 heterocycles. The van der Waals surface area contributed by atoms with E-state index in [-0.39, 0.29) is 30.0 Å². The van der Waals surface area contributed by atoms with Gasteiger partial charge >= 0.3 is 6.03 Å². The molecule has 0 saturated heterocycles. The summed E-state index contributed by atoms with van der Waals surface area (Å²) in [6.07, 6.45) is 10.2. The third kappa shape index (κ3) is 5.64. The van der Waals surface area contributed by atoms with Gasteiger partial charge in [-0.25, -0.2) is 4.79 Å². The zero-order valence-corrected chi connectivity index (χ0v) is 14.6. The summed E-state index contributed by atoms with van der Waals surface area (Å²) in [4.78, 5) is 12.3. The molecule has 3 N–H and O–H groups in total. The van der Waals surface area contributed by atoms with Crippen molar-refractivity contribution < 1.29 is 14.6 Å². The van der Waals surface area contributed by atoms with Crippen LogP contribution in [0.5, 0.6) is 0 Å². The van der Waals surface area contributed by atoms with Gasteiger partial charge in [-0.15, -0.1) is 0 Å². The molecule has 0 aromatic rings. The molecule has 23 heavy (non-hydrogen) atoms. The van der Waals surface area contributed by atoms with Crippen molar-refractivity contribution in [3.05, 3.63) is 0 Å². The smallest absolute Gasteiger partial charge is 0.315 e. The molecule has 2 fully saturated rings. The number of hydrogen-bond acceptors (Lipinski definition) is 3. The molecule has 0 aromatic heterocycles. The summed E-state index contributed by atoms with van der Waals surface area (Å²) in [6.45, 7) is 4.48. The van der Waals surface area contributed by atoms with Gasteiger partial charge in [-0.3, -0.25) is 0 Å². The Bertz CT molecular complexity index is 356. The zero-order chi connectivity index (χ0) is 16.5. The summed E-state index contributed by atoms with van der Waals surface area (Å²) in [7, 11) is 0. The fourth-order valence-corrected chi connectivity index (χ4v) is 4.18. The van der Waals surface area contributed by atoms with E-state index in [2.05, 4.69) is 10.6 Å². The van der Waals surface area contributed by atoms with E-state index < -0.39 is 0 Å². The fraction of sp³-hybridized carbons (Fsp3) is 0.944. The van der Waals surface area contributed by atoms with Crippen LogP contribution in [0, 0.1) is 11.3 Å². The van der Waals surface area contributed by atoms with Crippen LogP contribution in [0.25, 0.3) is 0 Å². The average Bonchev–Trinajstić information content (AvgIpc) is 3.03. The lowest BCUT2D eigenvalue weighted by atomic mass is 9.83. The van der Waals surface area contributed by atoms with Crippen LogP contribution in [0.1, 0.15) is 64.7 Å². The molecule has 2 aliphatic rings. The standard InChI is InChI=1S/C18H34N2O3/c1-2-23-12-11-18(9-5-6-10-18)14-19-17(22)20-16-8-4-3-7-15(16)13-21/h15-16,21H,2-14H2,1H3,(H2,19,20,22). The molecule has 2 saturated carbocycles. The summed E-state index contributed by atoms with van der Waals surface area (Å²) < 4.78 is 5.52. The maximum Gasteiger partial charge on any atom is 0.315 e. The van der Waals surface area contributed by atoms with Gasteiger partial charge in [0, 0.05) is 38.3 Å². The summed E-state index contributed by atoms with van der Waals surface area (Å²) in [5.41, 5.74) is 0.218. The molecule has 0 aliphatic heterocycles. The molecule has 2 rings (SSSR count). The predicted molar refractivity (Wildman–Crippen MR) is 91.4 cm³/mol. The number of nitrogens with one attached hydrogen (secondary N) is 2. The van der Waals surface area contributed by atoms with Gasteiger partial charge in [0.15, 0.2) is 0 Å². The number of amides is 2. The van der Waals surface area contributed by atoms with Crippen LogP contribution >= 0.6 is 0 Å². The SMILES string of the molecule is CCOCCC1(CNC(=O)NC2CCCCC2CO)CCCC1. The molecule has 0 bridgehead atoms. The highest BCUT2D eigenvalue weighted by atomic mass is 16.5. The van der Waals surface area contributed by atoms with Crippen LogP contribution in [0.2, 0.25) is 0 Å². The van der Waals surface area contributed by atoms with Gasteiger partial charge in [0.2, 0.25) is 0 Å². The summed E-state index contributed by atoms with van der Waals surface area (Å²) in [6, 6.07) is 0.0507. The van der Waals surface area contributed by atoms with Gasteiger partial charge in [0.1, 0.15) is 0 Å². The fourth-order valence-electron chi connectivity index (χ4n) is 4.18. The van der Waals surface area contributed by atoms with E-state index in [1.807, 2.05) is 6.92 Å². The maximum atomic E-state index is 12.3. The van der Waals surface area contributed by atoms with Crippen molar-refractivity contribution in [1.82, 2.24) is 10.6 Å². The third-order valence-electron chi connectivity index (χ3n) is 5.73. The number of aliphatic hydroxyl groups excluding tert-OH is 1. The quantitative estimate of drug-likeness (QED) is 0.601. The predicted octanol–water partition coefficient (Wildman–Crippen LogP) is 2.82. The molecule has 5 nitrogen and oxygen atoms in total. The number of hydrogen-bond donors (Lipinski definition) is 3. The number of rotatable bonds is 8. The van der Waals surface area contributed by atoms with E-state index in [9.17, 15) is 9.90 Å². The van der Waals surface area contributed by atoms with Crippen molar-refractivity contribution in [3.8, 4) is 0 Å². The first kappa shape index (κ1) is 18.5. The minimum absolute atomic E-state index is 0.0713. The highest BCUT2D eigenvalue weighted by molar-refractivity contribution is 5.74. The molecule has 0 aromatic carbocycles. The van der Waals surface area contributed by atoms with Gasteiger partial charge in [-0.05, 0) is 44.4 Å². The number of urea groups is 1. The highest BCUT2D eigenvalue weighted by Gasteiger charge is 2.34. The van der Waals surface area contributed by atoms with Gasteiger partial charge in [-0.1, -0.05) is 25.7 Å². The van der Waals surface area contributed by atoms with Crippen molar-refractivity contribution in [2.24, 2.45) is 11.3 Å². The van der Waals surface area contributed by atoms with Gasteiger partial charge in [0.25, 0.3) is 0 Å². The molecule has 2 aliphatic carbocycles. The monoisotopic (exact) mass is 326 g/mol. The topological polar surface area (TPSA) is 70.6 Å². The first-order valence-electron chi connectivity index (χ1n) is 9.42. The van der Waals surface area contributed by atoms with Crippen molar-refractivity contribution in [2.75, 3.05) is 26.4 Å². The molecular weight excluding hydrogens is 292 g/mol. The molecule has 0 spiro atoms. The van der Waals surface area contributed by atoms with E-state index in [0.717, 1.165) is 51.9 Å². The maximum absolute atomic E-state index is 12.3. The Hall–Kier alpha value is -0.810. The van der Waals surface area contributed by atoms with E-state index in [0.29, 0.717) is 0 Å². The molecule has 2 unspecified atom stereocenters. The first-order chi connectivity index (χ1) is 11.2. The minimum atomic E-state index is -0.0713. The van der Waals surface area contributed by atoms with Crippen molar-refractivity contribution >= 4 is 6.03 Å². The second-order valence-electron chi connectivity index (χ2n) is 7.31. The lowest BCUT2D eigenvalue weighted by Gasteiger charge is -2.32. The molecule has 134 valence electrons. The molecule has 2 amide bonds. The summed E-state index contributed by atoms with van der Waals surface area (Å²) in [5, 5.41) is 15.6. The van der Waals surface area contributed by atoms with Crippen LogP contribution < -0.4 is 10.6 Å². The minimum Gasteiger partial charge on any atom is -0.396 e. The lowest BCUT2D eigenvalue weighted by Crippen LogP contribution is -2.49. The Balaban J connectivity index is 1.77. The Morgan fingerprint density at radius 1 is 1.22 bits per heavy atom. The molecule has 2 atom stereocenters. The Morgan fingerprint density at radius 3 is 2.65 bits per heavy atom. The molecular formula is C18H34N2O3. The van der Waals surface area contributed by atoms with Crippen LogP contribution in [-0.2, 0) is 4.74 Å². The second-order valence-corrected chi connectivity index (χ2v) is 7.31. The van der Waals surface area contributed by atoms with Crippen LogP contribution in [0.15, 0.2) is 0 Å². The summed E-state index contributed by atoms with van der Waals surface area (Å²) >= 11 is 0. The Morgan fingerprint density at radius 2 is 1.96 bits per heavy atom. The van der Waals surface area contributed by atoms with E-state index in [1.54, 1.807) is 0 Å². The van der Waals surface area contributed by atoms with Crippen molar-refractivity contribution in [2.45, 2.75) is 70.8 Å². The zero-order valence-electron chi connectivity index (χ0n) is 14.6. The number of carbonyl (C=O) groups excluding carboxylic acids is 1. The van der Waals surface area contributed by atoms with Crippen molar-refractivity contribution in [1.29, 1.82) is 0 Å². The molecule has 5 heteroatoms. The van der Waals surface area contributed by atoms with Crippen LogP contribution in [-0.4, -0.2) is 43.5 Å². The number of ether oxygens (including phenoxy) is 1. The Kier molecular flexibility index (Phi) is 7.63. The summed E-state index contributed by atoms with van der Waals surface area (Å²) in [5.74, 6) is 0.216. The largest absolute Gasteiger partial charge is 0.396 e. The normalized spacial score (nSPS) is 26.9. The molecule has 0 radical (unpaired) electrons. The van der Waals surface area contributed by atoms with E-state index >= 15 is 0 Å². The highest BCUT2D eigenvalue weighted by Crippen LogP contribution is 2.40.